The lowest BCUT2D eigenvalue weighted by atomic mass is 10.1. The van der Waals surface area contributed by atoms with Crippen molar-refractivity contribution in [2.45, 2.75) is 51.7 Å². The second kappa shape index (κ2) is 7.14. The smallest absolute Gasteiger partial charge is 0.410 e. The molecule has 1 unspecified atom stereocenters. The van der Waals surface area contributed by atoms with Crippen LogP contribution in [0.3, 0.4) is 0 Å². The third-order valence-corrected chi connectivity index (χ3v) is 3.90. The number of fused-ring (bicyclic) bond motifs is 1. The monoisotopic (exact) mass is 304 g/mol. The lowest BCUT2D eigenvalue weighted by Gasteiger charge is -2.24. The standard InChI is InChI=1S/C18H28N2O2/c1-18(2,3)22-17(21)20(4)13-7-12-19-16-11-10-14-8-5-6-9-15(14)16/h5-6,8-9,16,19H,7,10-13H2,1-4H3. The second-order valence-electron chi connectivity index (χ2n) is 7.00. The van der Waals surface area contributed by atoms with E-state index in [9.17, 15) is 4.79 Å². The summed E-state index contributed by atoms with van der Waals surface area (Å²) in [6, 6.07) is 9.11. The van der Waals surface area contributed by atoms with E-state index in [1.165, 1.54) is 17.5 Å². The van der Waals surface area contributed by atoms with Gasteiger partial charge in [-0.2, -0.15) is 0 Å². The zero-order valence-corrected chi connectivity index (χ0v) is 14.2. The Labute approximate surface area is 133 Å². The fourth-order valence-electron chi connectivity index (χ4n) is 2.79. The number of hydrogen-bond donors (Lipinski definition) is 1. The van der Waals surface area contributed by atoms with Crippen molar-refractivity contribution in [2.75, 3.05) is 20.1 Å². The highest BCUT2D eigenvalue weighted by molar-refractivity contribution is 5.67. The minimum atomic E-state index is -0.433. The lowest BCUT2D eigenvalue weighted by molar-refractivity contribution is 0.0297. The summed E-state index contributed by atoms with van der Waals surface area (Å²) < 4.78 is 5.34. The number of ether oxygens (including phenoxy) is 1. The molecule has 0 heterocycles. The first-order chi connectivity index (χ1) is 10.4. The second-order valence-corrected chi connectivity index (χ2v) is 7.00. The van der Waals surface area contributed by atoms with E-state index < -0.39 is 5.60 Å². The molecule has 0 bridgehead atoms. The van der Waals surface area contributed by atoms with Gasteiger partial charge in [0.15, 0.2) is 0 Å². The van der Waals surface area contributed by atoms with E-state index >= 15 is 0 Å². The van der Waals surface area contributed by atoms with Crippen LogP contribution in [0.25, 0.3) is 0 Å². The van der Waals surface area contributed by atoms with Gasteiger partial charge in [0.05, 0.1) is 0 Å². The van der Waals surface area contributed by atoms with Gasteiger partial charge in [0.25, 0.3) is 0 Å². The molecule has 0 aliphatic heterocycles. The van der Waals surface area contributed by atoms with Gasteiger partial charge in [-0.15, -0.1) is 0 Å². The van der Waals surface area contributed by atoms with Gasteiger partial charge < -0.3 is 15.0 Å². The SMILES string of the molecule is CN(CCCNC1CCc2ccccc21)C(=O)OC(C)(C)C. The zero-order chi connectivity index (χ0) is 16.2. The summed E-state index contributed by atoms with van der Waals surface area (Å²) in [4.78, 5) is 13.5. The molecule has 1 amide bonds. The molecule has 1 aliphatic carbocycles. The van der Waals surface area contributed by atoms with Gasteiger partial charge in [0, 0.05) is 19.6 Å². The van der Waals surface area contributed by atoms with Gasteiger partial charge in [-0.3, -0.25) is 0 Å². The number of aryl methyl sites for hydroxylation is 1. The normalized spacial score (nSPS) is 17.2. The van der Waals surface area contributed by atoms with E-state index in [0.29, 0.717) is 12.6 Å². The minimum absolute atomic E-state index is 0.251. The summed E-state index contributed by atoms with van der Waals surface area (Å²) in [7, 11) is 1.79. The van der Waals surface area contributed by atoms with Gasteiger partial charge in [0.1, 0.15) is 5.60 Å². The zero-order valence-electron chi connectivity index (χ0n) is 14.2. The van der Waals surface area contributed by atoms with Crippen molar-refractivity contribution in [3.05, 3.63) is 35.4 Å². The van der Waals surface area contributed by atoms with Crippen LogP contribution in [0.5, 0.6) is 0 Å². The molecule has 2 rings (SSSR count). The molecule has 1 aliphatic rings. The van der Waals surface area contributed by atoms with E-state index in [-0.39, 0.29) is 6.09 Å². The predicted octanol–water partition coefficient (Wildman–Crippen LogP) is 3.52. The molecule has 0 saturated carbocycles. The van der Waals surface area contributed by atoms with Crippen LogP contribution in [0.1, 0.15) is 50.8 Å². The predicted molar refractivity (Wildman–Crippen MR) is 89.0 cm³/mol. The quantitative estimate of drug-likeness (QED) is 0.846. The number of rotatable bonds is 5. The van der Waals surface area contributed by atoms with Crippen LogP contribution in [0, 0.1) is 0 Å². The molecule has 0 fully saturated rings. The number of carbonyl (C=O) groups excluding carboxylic acids is 1. The van der Waals surface area contributed by atoms with Crippen LogP contribution in [0.2, 0.25) is 0 Å². The number of benzene rings is 1. The van der Waals surface area contributed by atoms with Crippen molar-refractivity contribution in [1.29, 1.82) is 0 Å². The van der Waals surface area contributed by atoms with Crippen molar-refractivity contribution in [1.82, 2.24) is 10.2 Å². The Kier molecular flexibility index (Phi) is 5.46. The van der Waals surface area contributed by atoms with Gasteiger partial charge in [0.2, 0.25) is 0 Å². The molecule has 1 atom stereocenters. The van der Waals surface area contributed by atoms with Crippen LogP contribution in [-0.2, 0) is 11.2 Å². The molecule has 22 heavy (non-hydrogen) atoms. The molecule has 4 nitrogen and oxygen atoms in total. The summed E-state index contributed by atoms with van der Waals surface area (Å²) in [5.74, 6) is 0. The van der Waals surface area contributed by atoms with Crippen LogP contribution < -0.4 is 5.32 Å². The maximum absolute atomic E-state index is 11.9. The van der Waals surface area contributed by atoms with Gasteiger partial charge >= 0.3 is 6.09 Å². The molecule has 0 spiro atoms. The molecule has 1 aromatic rings. The third-order valence-electron chi connectivity index (χ3n) is 3.90. The Morgan fingerprint density at radius 3 is 2.82 bits per heavy atom. The number of carbonyl (C=O) groups is 1. The third kappa shape index (κ3) is 4.73. The number of nitrogens with zero attached hydrogens (tertiary/aromatic N) is 1. The van der Waals surface area contributed by atoms with Crippen molar-refractivity contribution in [3.8, 4) is 0 Å². The first-order valence-corrected chi connectivity index (χ1v) is 8.12. The van der Waals surface area contributed by atoms with Crippen molar-refractivity contribution >= 4 is 6.09 Å². The van der Waals surface area contributed by atoms with E-state index in [2.05, 4.69) is 29.6 Å². The van der Waals surface area contributed by atoms with Gasteiger partial charge in [-0.25, -0.2) is 4.79 Å². The van der Waals surface area contributed by atoms with Crippen LogP contribution in [0.4, 0.5) is 4.79 Å². The Hall–Kier alpha value is -1.55. The number of hydrogen-bond acceptors (Lipinski definition) is 3. The fraction of sp³-hybridized carbons (Fsp3) is 0.611. The molecule has 122 valence electrons. The maximum atomic E-state index is 11.9. The highest BCUT2D eigenvalue weighted by Crippen LogP contribution is 2.30. The number of amides is 1. The van der Waals surface area contributed by atoms with Crippen LogP contribution >= 0.6 is 0 Å². The molecule has 1 N–H and O–H groups in total. The molecular formula is C18H28N2O2. The summed E-state index contributed by atoms with van der Waals surface area (Å²) in [6.07, 6.45) is 3.00. The fourth-order valence-corrected chi connectivity index (χ4v) is 2.79. The highest BCUT2D eigenvalue weighted by Gasteiger charge is 2.21. The van der Waals surface area contributed by atoms with Crippen molar-refractivity contribution in [2.24, 2.45) is 0 Å². The highest BCUT2D eigenvalue weighted by atomic mass is 16.6. The Morgan fingerprint density at radius 2 is 2.09 bits per heavy atom. The minimum Gasteiger partial charge on any atom is -0.444 e. The maximum Gasteiger partial charge on any atom is 0.410 e. The summed E-state index contributed by atoms with van der Waals surface area (Å²) in [5.41, 5.74) is 2.46. The largest absolute Gasteiger partial charge is 0.444 e. The topological polar surface area (TPSA) is 41.6 Å². The summed E-state index contributed by atoms with van der Waals surface area (Å²) in [6.45, 7) is 7.27. The molecule has 0 aromatic heterocycles. The molecule has 1 aromatic carbocycles. The molecule has 0 radical (unpaired) electrons. The first-order valence-electron chi connectivity index (χ1n) is 8.12. The lowest BCUT2D eigenvalue weighted by Crippen LogP contribution is -2.35. The van der Waals surface area contributed by atoms with Crippen molar-refractivity contribution in [3.63, 3.8) is 0 Å². The molecule has 0 saturated heterocycles. The van der Waals surface area contributed by atoms with E-state index in [1.54, 1.807) is 11.9 Å². The Balaban J connectivity index is 1.69. The summed E-state index contributed by atoms with van der Waals surface area (Å²) >= 11 is 0. The Bertz CT molecular complexity index is 508. The van der Waals surface area contributed by atoms with E-state index in [1.807, 2.05) is 20.8 Å². The first kappa shape index (κ1) is 16.8. The molecule has 4 heteroatoms. The van der Waals surface area contributed by atoms with Crippen molar-refractivity contribution < 1.29 is 9.53 Å². The van der Waals surface area contributed by atoms with Gasteiger partial charge in [-0.1, -0.05) is 24.3 Å². The summed E-state index contributed by atoms with van der Waals surface area (Å²) in [5, 5.41) is 3.60. The van der Waals surface area contributed by atoms with E-state index in [4.69, 9.17) is 4.74 Å². The Morgan fingerprint density at radius 1 is 1.36 bits per heavy atom. The average molecular weight is 304 g/mol. The van der Waals surface area contributed by atoms with Crippen LogP contribution in [-0.4, -0.2) is 36.7 Å². The number of nitrogens with one attached hydrogen (secondary N) is 1. The average Bonchev–Trinajstić information content (AvgIpc) is 2.85. The van der Waals surface area contributed by atoms with Gasteiger partial charge in [-0.05, 0) is 57.7 Å². The molecular weight excluding hydrogens is 276 g/mol. The van der Waals surface area contributed by atoms with E-state index in [0.717, 1.165) is 19.4 Å². The van der Waals surface area contributed by atoms with Crippen LogP contribution in [0.15, 0.2) is 24.3 Å².